The molecule has 6 nitrogen and oxygen atoms in total. The minimum absolute atomic E-state index is 0.167. The zero-order valence-electron chi connectivity index (χ0n) is 15.0. The second-order valence-corrected chi connectivity index (χ2v) is 6.30. The molecule has 0 unspecified atom stereocenters. The van der Waals surface area contributed by atoms with Crippen molar-refractivity contribution in [3.63, 3.8) is 0 Å². The van der Waals surface area contributed by atoms with Crippen molar-refractivity contribution in [3.8, 4) is 0 Å². The summed E-state index contributed by atoms with van der Waals surface area (Å²) in [4.78, 5) is 35.8. The van der Waals surface area contributed by atoms with E-state index in [4.69, 9.17) is 4.74 Å². The van der Waals surface area contributed by atoms with Gasteiger partial charge < -0.3 is 15.4 Å². The Labute approximate surface area is 147 Å². The van der Waals surface area contributed by atoms with Crippen LogP contribution in [-0.2, 0) is 25.5 Å². The summed E-state index contributed by atoms with van der Waals surface area (Å²) >= 11 is 0. The molecule has 7 heteroatoms. The van der Waals surface area contributed by atoms with E-state index in [9.17, 15) is 18.8 Å². The number of methoxy groups -OCH3 is 1. The van der Waals surface area contributed by atoms with Gasteiger partial charge in [0.2, 0.25) is 11.8 Å². The summed E-state index contributed by atoms with van der Waals surface area (Å²) in [6.45, 7) is 5.15. The van der Waals surface area contributed by atoms with E-state index in [2.05, 4.69) is 10.6 Å². The first-order valence-electron chi connectivity index (χ1n) is 8.12. The van der Waals surface area contributed by atoms with Crippen molar-refractivity contribution < 1.29 is 23.5 Å². The summed E-state index contributed by atoms with van der Waals surface area (Å²) in [5.74, 6) is -1.62. The average Bonchev–Trinajstić information content (AvgIpc) is 2.54. The lowest BCUT2D eigenvalue weighted by Crippen LogP contribution is -2.52. The molecule has 0 aliphatic heterocycles. The van der Waals surface area contributed by atoms with Crippen LogP contribution in [0.2, 0.25) is 0 Å². The molecule has 1 rings (SSSR count). The molecule has 0 aliphatic rings. The highest BCUT2D eigenvalue weighted by Crippen LogP contribution is 2.09. The van der Waals surface area contributed by atoms with Crippen LogP contribution in [0.25, 0.3) is 0 Å². The van der Waals surface area contributed by atoms with E-state index in [0.29, 0.717) is 12.0 Å². The van der Waals surface area contributed by atoms with Gasteiger partial charge in [0.15, 0.2) is 0 Å². The maximum absolute atomic E-state index is 13.0. The monoisotopic (exact) mass is 352 g/mol. The van der Waals surface area contributed by atoms with Crippen molar-refractivity contribution >= 4 is 17.8 Å². The summed E-state index contributed by atoms with van der Waals surface area (Å²) in [6.07, 6.45) is 0.600. The van der Waals surface area contributed by atoms with Crippen LogP contribution < -0.4 is 10.6 Å². The SMILES string of the molecule is COC(=O)[C@H](CC(C)C)NC(=O)[C@@H](Cc1ccc(F)cc1)NC(C)=O. The molecule has 0 radical (unpaired) electrons. The van der Waals surface area contributed by atoms with Crippen LogP contribution >= 0.6 is 0 Å². The molecule has 0 heterocycles. The maximum atomic E-state index is 13.0. The van der Waals surface area contributed by atoms with Crippen molar-refractivity contribution in [2.75, 3.05) is 7.11 Å². The molecule has 138 valence electrons. The highest BCUT2D eigenvalue weighted by Gasteiger charge is 2.27. The van der Waals surface area contributed by atoms with Crippen molar-refractivity contribution in [2.45, 2.75) is 45.7 Å². The fourth-order valence-corrected chi connectivity index (χ4v) is 2.41. The molecule has 2 atom stereocenters. The Morgan fingerprint density at radius 2 is 1.68 bits per heavy atom. The van der Waals surface area contributed by atoms with E-state index >= 15 is 0 Å². The quantitative estimate of drug-likeness (QED) is 0.696. The van der Waals surface area contributed by atoms with E-state index in [0.717, 1.165) is 0 Å². The second kappa shape index (κ2) is 9.76. The van der Waals surface area contributed by atoms with Crippen LogP contribution in [0, 0.1) is 11.7 Å². The molecule has 1 aromatic rings. The number of rotatable bonds is 8. The molecule has 2 N–H and O–H groups in total. The van der Waals surface area contributed by atoms with E-state index in [-0.39, 0.29) is 24.1 Å². The van der Waals surface area contributed by atoms with E-state index in [1.807, 2.05) is 13.8 Å². The lowest BCUT2D eigenvalue weighted by Gasteiger charge is -2.23. The minimum atomic E-state index is -0.873. The highest BCUT2D eigenvalue weighted by molar-refractivity contribution is 5.90. The van der Waals surface area contributed by atoms with Crippen molar-refractivity contribution in [1.29, 1.82) is 0 Å². The summed E-state index contributed by atoms with van der Waals surface area (Å²) in [5.41, 5.74) is 0.689. The number of hydrogen-bond donors (Lipinski definition) is 2. The normalized spacial score (nSPS) is 13.0. The molecular formula is C18H25FN2O4. The molecular weight excluding hydrogens is 327 g/mol. The molecule has 0 aliphatic carbocycles. The van der Waals surface area contributed by atoms with E-state index < -0.39 is 24.0 Å². The maximum Gasteiger partial charge on any atom is 0.328 e. The first-order chi connectivity index (χ1) is 11.7. The van der Waals surface area contributed by atoms with Gasteiger partial charge in [0.25, 0.3) is 0 Å². The van der Waals surface area contributed by atoms with Crippen LogP contribution in [-0.4, -0.2) is 37.0 Å². The molecule has 0 saturated heterocycles. The number of carbonyl (C=O) groups excluding carboxylic acids is 3. The van der Waals surface area contributed by atoms with E-state index in [1.165, 1.54) is 26.2 Å². The van der Waals surface area contributed by atoms with Gasteiger partial charge in [0.1, 0.15) is 17.9 Å². The second-order valence-electron chi connectivity index (χ2n) is 6.30. The number of halogens is 1. The lowest BCUT2D eigenvalue weighted by atomic mass is 10.0. The lowest BCUT2D eigenvalue weighted by molar-refractivity contribution is -0.145. The van der Waals surface area contributed by atoms with E-state index in [1.54, 1.807) is 12.1 Å². The van der Waals surface area contributed by atoms with Gasteiger partial charge >= 0.3 is 5.97 Å². The van der Waals surface area contributed by atoms with Gasteiger partial charge in [-0.2, -0.15) is 0 Å². The Morgan fingerprint density at radius 1 is 1.08 bits per heavy atom. The number of esters is 1. The summed E-state index contributed by atoms with van der Waals surface area (Å²) < 4.78 is 17.7. The number of carbonyl (C=O) groups is 3. The fraction of sp³-hybridized carbons (Fsp3) is 0.500. The third kappa shape index (κ3) is 7.32. The number of ether oxygens (including phenoxy) is 1. The highest BCUT2D eigenvalue weighted by atomic mass is 19.1. The number of benzene rings is 1. The van der Waals surface area contributed by atoms with Gasteiger partial charge in [0, 0.05) is 13.3 Å². The minimum Gasteiger partial charge on any atom is -0.467 e. The van der Waals surface area contributed by atoms with Gasteiger partial charge in [-0.3, -0.25) is 9.59 Å². The molecule has 0 fully saturated rings. The zero-order valence-corrected chi connectivity index (χ0v) is 15.0. The zero-order chi connectivity index (χ0) is 19.0. The summed E-state index contributed by atoms with van der Waals surface area (Å²) in [6, 6.07) is 4.00. The first-order valence-corrected chi connectivity index (χ1v) is 8.12. The Kier molecular flexibility index (Phi) is 8.04. The van der Waals surface area contributed by atoms with Gasteiger partial charge in [-0.15, -0.1) is 0 Å². The number of nitrogens with one attached hydrogen (secondary N) is 2. The number of amides is 2. The van der Waals surface area contributed by atoms with Crippen molar-refractivity contribution in [3.05, 3.63) is 35.6 Å². The first kappa shape index (κ1) is 20.6. The van der Waals surface area contributed by atoms with Crippen LogP contribution in [0.5, 0.6) is 0 Å². The number of hydrogen-bond acceptors (Lipinski definition) is 4. The molecule has 2 amide bonds. The van der Waals surface area contributed by atoms with Crippen molar-refractivity contribution in [1.82, 2.24) is 10.6 Å². The third-order valence-electron chi connectivity index (χ3n) is 3.56. The third-order valence-corrected chi connectivity index (χ3v) is 3.56. The van der Waals surface area contributed by atoms with Gasteiger partial charge in [0.05, 0.1) is 7.11 Å². The van der Waals surface area contributed by atoms with Crippen LogP contribution in [0.1, 0.15) is 32.8 Å². The Balaban J connectivity index is 2.88. The smallest absolute Gasteiger partial charge is 0.328 e. The molecule has 0 saturated carbocycles. The van der Waals surface area contributed by atoms with Gasteiger partial charge in [-0.05, 0) is 30.0 Å². The largest absolute Gasteiger partial charge is 0.467 e. The Hall–Kier alpha value is -2.44. The summed E-state index contributed by atoms with van der Waals surface area (Å²) in [5, 5.41) is 5.20. The Morgan fingerprint density at radius 3 is 2.16 bits per heavy atom. The van der Waals surface area contributed by atoms with Gasteiger partial charge in [-0.25, -0.2) is 9.18 Å². The van der Waals surface area contributed by atoms with Crippen molar-refractivity contribution in [2.24, 2.45) is 5.92 Å². The predicted octanol–water partition coefficient (Wildman–Crippen LogP) is 1.58. The predicted molar refractivity (Wildman–Crippen MR) is 91.1 cm³/mol. The summed E-state index contributed by atoms with van der Waals surface area (Å²) in [7, 11) is 1.26. The van der Waals surface area contributed by atoms with Crippen LogP contribution in [0.15, 0.2) is 24.3 Å². The molecule has 1 aromatic carbocycles. The topological polar surface area (TPSA) is 84.5 Å². The molecule has 0 bridgehead atoms. The van der Waals surface area contributed by atoms with Gasteiger partial charge in [-0.1, -0.05) is 26.0 Å². The fourth-order valence-electron chi connectivity index (χ4n) is 2.41. The standard InChI is InChI=1S/C18H25FN2O4/c1-11(2)9-16(18(24)25-4)21-17(23)15(20-12(3)22)10-13-5-7-14(19)8-6-13/h5-8,11,15-16H,9-10H2,1-4H3,(H,20,22)(H,21,23)/t15-,16+/m1/s1. The average molecular weight is 352 g/mol. The molecule has 0 spiro atoms. The van der Waals surface area contributed by atoms with Crippen LogP contribution in [0.3, 0.4) is 0 Å². The van der Waals surface area contributed by atoms with Crippen LogP contribution in [0.4, 0.5) is 4.39 Å². The molecule has 0 aromatic heterocycles. The molecule has 25 heavy (non-hydrogen) atoms. The Bertz CT molecular complexity index is 602.